The Hall–Kier alpha value is -1.49. The van der Waals surface area contributed by atoms with Crippen molar-refractivity contribution < 1.29 is 9.90 Å². The van der Waals surface area contributed by atoms with Crippen LogP contribution in [0.1, 0.15) is 16.1 Å². The molecule has 3 N–H and O–H groups in total. The second-order valence-corrected chi connectivity index (χ2v) is 1.93. The fraction of sp³-hybridized carbons (Fsp3) is 0.167. The standard InChI is InChI=1S/C6H7N3O2/c7-6(11)5-4(3-10)1-2-8-9-5/h1-2,10H,3H2,(H2,7,11). The van der Waals surface area contributed by atoms with Crippen LogP contribution in [0.3, 0.4) is 0 Å². The lowest BCUT2D eigenvalue weighted by atomic mass is 10.2. The van der Waals surface area contributed by atoms with E-state index in [1.807, 2.05) is 0 Å². The Labute approximate surface area is 62.9 Å². The molecule has 1 aromatic rings. The van der Waals surface area contributed by atoms with Crippen LogP contribution in [0, 0.1) is 0 Å². The predicted octanol–water partition coefficient (Wildman–Crippen LogP) is -0.932. The van der Waals surface area contributed by atoms with Gasteiger partial charge in [0.25, 0.3) is 5.91 Å². The van der Waals surface area contributed by atoms with Crippen LogP contribution in [0.2, 0.25) is 0 Å². The van der Waals surface area contributed by atoms with Crippen molar-refractivity contribution in [2.75, 3.05) is 0 Å². The van der Waals surface area contributed by atoms with E-state index in [0.29, 0.717) is 5.56 Å². The first-order chi connectivity index (χ1) is 5.25. The maximum absolute atomic E-state index is 10.6. The van der Waals surface area contributed by atoms with Crippen LogP contribution in [-0.2, 0) is 6.61 Å². The van der Waals surface area contributed by atoms with E-state index in [4.69, 9.17) is 10.8 Å². The van der Waals surface area contributed by atoms with Gasteiger partial charge in [0.1, 0.15) is 0 Å². The van der Waals surface area contributed by atoms with Crippen LogP contribution in [0.4, 0.5) is 0 Å². The molecule has 1 heterocycles. The molecule has 0 spiro atoms. The lowest BCUT2D eigenvalue weighted by Crippen LogP contribution is -2.16. The normalized spacial score (nSPS) is 9.55. The monoisotopic (exact) mass is 153 g/mol. The van der Waals surface area contributed by atoms with Gasteiger partial charge in [-0.05, 0) is 6.07 Å². The van der Waals surface area contributed by atoms with Crippen molar-refractivity contribution in [3.8, 4) is 0 Å². The zero-order chi connectivity index (χ0) is 8.27. The molecule has 0 aliphatic heterocycles. The third kappa shape index (κ3) is 1.50. The van der Waals surface area contributed by atoms with Crippen molar-refractivity contribution in [1.29, 1.82) is 0 Å². The molecule has 1 amide bonds. The molecule has 0 unspecified atom stereocenters. The Morgan fingerprint density at radius 2 is 2.45 bits per heavy atom. The van der Waals surface area contributed by atoms with E-state index in [1.54, 1.807) is 0 Å². The minimum atomic E-state index is -0.679. The first-order valence-electron chi connectivity index (χ1n) is 2.97. The lowest BCUT2D eigenvalue weighted by Gasteiger charge is -1.98. The van der Waals surface area contributed by atoms with Crippen LogP contribution >= 0.6 is 0 Å². The number of aromatic nitrogens is 2. The number of carbonyl (C=O) groups is 1. The average molecular weight is 153 g/mol. The number of hydrogen-bond acceptors (Lipinski definition) is 4. The second-order valence-electron chi connectivity index (χ2n) is 1.93. The van der Waals surface area contributed by atoms with Crippen LogP contribution in [0.5, 0.6) is 0 Å². The maximum atomic E-state index is 10.6. The Morgan fingerprint density at radius 1 is 1.73 bits per heavy atom. The Morgan fingerprint density at radius 3 is 2.91 bits per heavy atom. The molecule has 0 saturated carbocycles. The molecule has 0 bridgehead atoms. The zero-order valence-electron chi connectivity index (χ0n) is 5.69. The molecule has 11 heavy (non-hydrogen) atoms. The van der Waals surface area contributed by atoms with Gasteiger partial charge in [0.15, 0.2) is 5.69 Å². The predicted molar refractivity (Wildman–Crippen MR) is 36.5 cm³/mol. The molecule has 1 aromatic heterocycles. The summed E-state index contributed by atoms with van der Waals surface area (Å²) in [6.07, 6.45) is 1.39. The van der Waals surface area contributed by atoms with Gasteiger partial charge in [-0.2, -0.15) is 5.10 Å². The van der Waals surface area contributed by atoms with E-state index in [9.17, 15) is 4.79 Å². The fourth-order valence-corrected chi connectivity index (χ4v) is 0.693. The fourth-order valence-electron chi connectivity index (χ4n) is 0.693. The number of primary amides is 1. The molecular weight excluding hydrogens is 146 g/mol. The minimum Gasteiger partial charge on any atom is -0.392 e. The molecule has 5 heteroatoms. The van der Waals surface area contributed by atoms with Gasteiger partial charge in [-0.25, -0.2) is 0 Å². The highest BCUT2D eigenvalue weighted by Crippen LogP contribution is 2.01. The summed E-state index contributed by atoms with van der Waals surface area (Å²) in [6.45, 7) is -0.256. The van der Waals surface area contributed by atoms with Crippen LogP contribution in [0.25, 0.3) is 0 Å². The smallest absolute Gasteiger partial charge is 0.269 e. The summed E-state index contributed by atoms with van der Waals surface area (Å²) in [5, 5.41) is 15.6. The van der Waals surface area contributed by atoms with Crippen LogP contribution in [0.15, 0.2) is 12.3 Å². The molecule has 5 nitrogen and oxygen atoms in total. The SMILES string of the molecule is NC(=O)c1nnccc1CO. The number of nitrogens with zero attached hydrogens (tertiary/aromatic N) is 2. The summed E-state index contributed by atoms with van der Waals surface area (Å²) in [5.74, 6) is -0.679. The molecule has 0 atom stereocenters. The summed E-state index contributed by atoms with van der Waals surface area (Å²) < 4.78 is 0. The molecule has 0 fully saturated rings. The summed E-state index contributed by atoms with van der Waals surface area (Å²) in [6, 6.07) is 1.49. The van der Waals surface area contributed by atoms with Gasteiger partial charge in [0.2, 0.25) is 0 Å². The topological polar surface area (TPSA) is 89.1 Å². The average Bonchev–Trinajstić information content (AvgIpc) is 2.04. The van der Waals surface area contributed by atoms with Crippen molar-refractivity contribution >= 4 is 5.91 Å². The van der Waals surface area contributed by atoms with Gasteiger partial charge in [0.05, 0.1) is 6.61 Å². The van der Waals surface area contributed by atoms with E-state index in [0.717, 1.165) is 0 Å². The van der Waals surface area contributed by atoms with Crippen LogP contribution in [-0.4, -0.2) is 21.2 Å². The third-order valence-electron chi connectivity index (χ3n) is 1.21. The number of hydrogen-bond donors (Lipinski definition) is 2. The van der Waals surface area contributed by atoms with E-state index >= 15 is 0 Å². The Balaban J connectivity index is 3.12. The largest absolute Gasteiger partial charge is 0.392 e. The molecule has 0 aromatic carbocycles. The number of amides is 1. The van der Waals surface area contributed by atoms with Crippen molar-refractivity contribution in [2.45, 2.75) is 6.61 Å². The molecule has 1 rings (SSSR count). The number of aliphatic hydroxyl groups is 1. The van der Waals surface area contributed by atoms with Gasteiger partial charge in [0, 0.05) is 11.8 Å². The number of nitrogens with two attached hydrogens (primary N) is 1. The lowest BCUT2D eigenvalue weighted by molar-refractivity contribution is 0.0991. The Bertz CT molecular complexity index is 274. The number of rotatable bonds is 2. The third-order valence-corrected chi connectivity index (χ3v) is 1.21. The van der Waals surface area contributed by atoms with Gasteiger partial charge < -0.3 is 10.8 Å². The maximum Gasteiger partial charge on any atom is 0.269 e. The minimum absolute atomic E-state index is 0.0231. The molecule has 0 aliphatic carbocycles. The quantitative estimate of drug-likeness (QED) is 0.574. The highest BCUT2D eigenvalue weighted by molar-refractivity contribution is 5.91. The molecular formula is C6H7N3O2. The van der Waals surface area contributed by atoms with Gasteiger partial charge in [-0.15, -0.1) is 5.10 Å². The highest BCUT2D eigenvalue weighted by Gasteiger charge is 2.07. The summed E-state index contributed by atoms with van der Waals surface area (Å²) in [5.41, 5.74) is 5.36. The van der Waals surface area contributed by atoms with Crippen molar-refractivity contribution in [3.63, 3.8) is 0 Å². The molecule has 58 valence electrons. The highest BCUT2D eigenvalue weighted by atomic mass is 16.3. The molecule has 0 saturated heterocycles. The van der Waals surface area contributed by atoms with Gasteiger partial charge in [-0.3, -0.25) is 4.79 Å². The van der Waals surface area contributed by atoms with Crippen molar-refractivity contribution in [2.24, 2.45) is 5.73 Å². The van der Waals surface area contributed by atoms with Crippen molar-refractivity contribution in [1.82, 2.24) is 10.2 Å². The Kier molecular flexibility index (Phi) is 2.12. The van der Waals surface area contributed by atoms with E-state index in [1.165, 1.54) is 12.3 Å². The van der Waals surface area contributed by atoms with Crippen LogP contribution < -0.4 is 5.73 Å². The first-order valence-corrected chi connectivity index (χ1v) is 2.97. The number of carbonyl (C=O) groups excluding carboxylic acids is 1. The molecule has 0 aliphatic rings. The van der Waals surface area contributed by atoms with E-state index < -0.39 is 5.91 Å². The van der Waals surface area contributed by atoms with Crippen molar-refractivity contribution in [3.05, 3.63) is 23.5 Å². The van der Waals surface area contributed by atoms with Gasteiger partial charge >= 0.3 is 0 Å². The van der Waals surface area contributed by atoms with E-state index in [-0.39, 0.29) is 12.3 Å². The summed E-state index contributed by atoms with van der Waals surface area (Å²) >= 11 is 0. The van der Waals surface area contributed by atoms with Gasteiger partial charge in [-0.1, -0.05) is 0 Å². The zero-order valence-corrected chi connectivity index (χ0v) is 5.69. The second kappa shape index (κ2) is 3.07. The summed E-state index contributed by atoms with van der Waals surface area (Å²) in [7, 11) is 0. The first kappa shape index (κ1) is 7.62. The molecule has 0 radical (unpaired) electrons. The summed E-state index contributed by atoms with van der Waals surface area (Å²) in [4.78, 5) is 10.6. The van der Waals surface area contributed by atoms with E-state index in [2.05, 4.69) is 10.2 Å². The number of aliphatic hydroxyl groups excluding tert-OH is 1.